The summed E-state index contributed by atoms with van der Waals surface area (Å²) in [5.41, 5.74) is 5.09. The first-order valence-corrected chi connectivity index (χ1v) is 4.64. The van der Waals surface area contributed by atoms with Gasteiger partial charge in [-0.3, -0.25) is 4.79 Å². The Morgan fingerprint density at radius 2 is 1.80 bits per heavy atom. The van der Waals surface area contributed by atoms with Crippen molar-refractivity contribution in [3.63, 3.8) is 0 Å². The number of carbonyl (C=O) groups excluding carboxylic acids is 1. The fourth-order valence-electron chi connectivity index (χ4n) is 0.831. The van der Waals surface area contributed by atoms with Crippen molar-refractivity contribution in [3.05, 3.63) is 0 Å². The third-order valence-electron chi connectivity index (χ3n) is 1.92. The van der Waals surface area contributed by atoms with Crippen molar-refractivity contribution in [1.82, 2.24) is 5.32 Å². The molecule has 0 rings (SSSR count). The van der Waals surface area contributed by atoms with Gasteiger partial charge in [-0.1, -0.05) is 20.8 Å². The molecule has 0 heterocycles. The number of carbonyl (C=O) groups is 1. The number of nitrogens with one attached hydrogen (secondary N) is 1. The van der Waals surface area contributed by atoms with Crippen LogP contribution in [0.1, 0.15) is 27.2 Å². The highest BCUT2D eigenvalue weighted by atomic mass is 19.4. The van der Waals surface area contributed by atoms with Gasteiger partial charge in [-0.25, -0.2) is 0 Å². The normalized spacial score (nSPS) is 14.9. The summed E-state index contributed by atoms with van der Waals surface area (Å²) < 4.78 is 35.3. The maximum Gasteiger partial charge on any atom is 0.390 e. The molecule has 0 aliphatic carbocycles. The third-order valence-corrected chi connectivity index (χ3v) is 1.92. The van der Waals surface area contributed by atoms with Crippen molar-refractivity contribution in [2.45, 2.75) is 39.4 Å². The SMILES string of the molecule is CC(C)(C)[C@@H](N)C(=O)NCCC(F)(F)F. The van der Waals surface area contributed by atoms with Crippen LogP contribution in [0.4, 0.5) is 13.2 Å². The number of amides is 1. The van der Waals surface area contributed by atoms with Crippen LogP contribution < -0.4 is 11.1 Å². The minimum absolute atomic E-state index is 0.424. The minimum atomic E-state index is -4.25. The van der Waals surface area contributed by atoms with Gasteiger partial charge in [-0.2, -0.15) is 13.2 Å². The fraction of sp³-hybridized carbons (Fsp3) is 0.889. The summed E-state index contributed by atoms with van der Waals surface area (Å²) in [5, 5.41) is 2.16. The van der Waals surface area contributed by atoms with Gasteiger partial charge in [-0.05, 0) is 5.41 Å². The van der Waals surface area contributed by atoms with E-state index in [1.54, 1.807) is 20.8 Å². The minimum Gasteiger partial charge on any atom is -0.354 e. The average Bonchev–Trinajstić information content (AvgIpc) is 1.98. The fourth-order valence-corrected chi connectivity index (χ4v) is 0.831. The van der Waals surface area contributed by atoms with Gasteiger partial charge in [-0.15, -0.1) is 0 Å². The van der Waals surface area contributed by atoms with Crippen LogP contribution in [0.15, 0.2) is 0 Å². The third kappa shape index (κ3) is 6.33. The molecule has 0 aromatic carbocycles. The van der Waals surface area contributed by atoms with Crippen LogP contribution in [0.25, 0.3) is 0 Å². The van der Waals surface area contributed by atoms with Crippen LogP contribution in [0.2, 0.25) is 0 Å². The van der Waals surface area contributed by atoms with E-state index in [-0.39, 0.29) is 0 Å². The summed E-state index contributed by atoms with van der Waals surface area (Å²) >= 11 is 0. The molecule has 0 aromatic rings. The second-order valence-corrected chi connectivity index (χ2v) is 4.50. The number of halogens is 3. The van der Waals surface area contributed by atoms with Gasteiger partial charge in [0.1, 0.15) is 0 Å². The Bertz CT molecular complexity index is 220. The summed E-state index contributed by atoms with van der Waals surface area (Å²) in [5.74, 6) is -0.549. The van der Waals surface area contributed by atoms with Crippen molar-refractivity contribution in [2.75, 3.05) is 6.54 Å². The van der Waals surface area contributed by atoms with Gasteiger partial charge < -0.3 is 11.1 Å². The van der Waals surface area contributed by atoms with Crippen molar-refractivity contribution in [1.29, 1.82) is 0 Å². The molecule has 0 unspecified atom stereocenters. The molecule has 3 N–H and O–H groups in total. The zero-order valence-corrected chi connectivity index (χ0v) is 9.11. The number of hydrogen-bond acceptors (Lipinski definition) is 2. The van der Waals surface area contributed by atoms with E-state index in [2.05, 4.69) is 5.32 Å². The molecule has 15 heavy (non-hydrogen) atoms. The Morgan fingerprint density at radius 3 is 2.13 bits per heavy atom. The summed E-state index contributed by atoms with van der Waals surface area (Å²) in [6.45, 7) is 4.83. The summed E-state index contributed by atoms with van der Waals surface area (Å²) in [4.78, 5) is 11.3. The van der Waals surface area contributed by atoms with E-state index >= 15 is 0 Å². The highest BCUT2D eigenvalue weighted by molar-refractivity contribution is 5.82. The molecule has 0 aromatic heterocycles. The largest absolute Gasteiger partial charge is 0.390 e. The lowest BCUT2D eigenvalue weighted by atomic mass is 9.87. The van der Waals surface area contributed by atoms with Gasteiger partial charge in [0.05, 0.1) is 12.5 Å². The molecule has 0 aliphatic rings. The Balaban J connectivity index is 3.96. The standard InChI is InChI=1S/C9H17F3N2O/c1-8(2,3)6(13)7(15)14-5-4-9(10,11)12/h6H,4-5,13H2,1-3H3,(H,14,15)/t6-/m0/s1. The van der Waals surface area contributed by atoms with Gasteiger partial charge in [0.2, 0.25) is 5.91 Å². The first kappa shape index (κ1) is 14.2. The monoisotopic (exact) mass is 226 g/mol. The van der Waals surface area contributed by atoms with Crippen molar-refractivity contribution in [2.24, 2.45) is 11.1 Å². The van der Waals surface area contributed by atoms with Crippen LogP contribution in [-0.4, -0.2) is 24.7 Å². The molecule has 6 heteroatoms. The molecule has 0 fully saturated rings. The van der Waals surface area contributed by atoms with E-state index < -0.39 is 36.5 Å². The Morgan fingerprint density at radius 1 is 1.33 bits per heavy atom. The molecule has 1 atom stereocenters. The Labute approximate surface area is 87.2 Å². The molecule has 0 aliphatic heterocycles. The van der Waals surface area contributed by atoms with Crippen molar-refractivity contribution in [3.8, 4) is 0 Å². The van der Waals surface area contributed by atoms with Crippen LogP contribution in [0.3, 0.4) is 0 Å². The van der Waals surface area contributed by atoms with Crippen LogP contribution in [0, 0.1) is 5.41 Å². The second-order valence-electron chi connectivity index (χ2n) is 4.50. The van der Waals surface area contributed by atoms with Crippen molar-refractivity contribution < 1.29 is 18.0 Å². The molecule has 0 saturated heterocycles. The van der Waals surface area contributed by atoms with Gasteiger partial charge in [0.25, 0.3) is 0 Å². The molecule has 90 valence electrons. The lowest BCUT2D eigenvalue weighted by Crippen LogP contribution is -2.49. The molecule has 0 bridgehead atoms. The van der Waals surface area contributed by atoms with Gasteiger partial charge in [0.15, 0.2) is 0 Å². The summed E-state index contributed by atoms with van der Waals surface area (Å²) in [6, 6.07) is -0.800. The maximum atomic E-state index is 11.8. The van der Waals surface area contributed by atoms with Crippen LogP contribution >= 0.6 is 0 Å². The number of alkyl halides is 3. The number of hydrogen-bond donors (Lipinski definition) is 2. The number of rotatable bonds is 3. The molecule has 0 saturated carbocycles. The van der Waals surface area contributed by atoms with Gasteiger partial charge >= 0.3 is 6.18 Å². The molecular formula is C9H17F3N2O. The highest BCUT2D eigenvalue weighted by Gasteiger charge is 2.29. The maximum absolute atomic E-state index is 11.8. The van der Waals surface area contributed by atoms with E-state index in [0.29, 0.717) is 0 Å². The Hall–Kier alpha value is -0.780. The first-order valence-electron chi connectivity index (χ1n) is 4.64. The van der Waals surface area contributed by atoms with E-state index in [4.69, 9.17) is 5.73 Å². The van der Waals surface area contributed by atoms with Crippen LogP contribution in [0.5, 0.6) is 0 Å². The summed E-state index contributed by atoms with van der Waals surface area (Å²) in [7, 11) is 0. The molecule has 3 nitrogen and oxygen atoms in total. The second kappa shape index (κ2) is 4.83. The summed E-state index contributed by atoms with van der Waals surface area (Å²) in [6.07, 6.45) is -5.28. The smallest absolute Gasteiger partial charge is 0.354 e. The van der Waals surface area contributed by atoms with E-state index in [9.17, 15) is 18.0 Å². The quantitative estimate of drug-likeness (QED) is 0.764. The van der Waals surface area contributed by atoms with E-state index in [1.807, 2.05) is 0 Å². The lowest BCUT2D eigenvalue weighted by molar-refractivity contribution is -0.136. The van der Waals surface area contributed by atoms with Crippen molar-refractivity contribution >= 4 is 5.91 Å². The zero-order valence-electron chi connectivity index (χ0n) is 9.11. The lowest BCUT2D eigenvalue weighted by Gasteiger charge is -2.25. The molecule has 0 radical (unpaired) electrons. The molecular weight excluding hydrogens is 209 g/mol. The highest BCUT2D eigenvalue weighted by Crippen LogP contribution is 2.19. The molecule has 0 spiro atoms. The predicted molar refractivity (Wildman–Crippen MR) is 51.1 cm³/mol. The molecule has 1 amide bonds. The predicted octanol–water partition coefficient (Wildman–Crippen LogP) is 1.43. The number of nitrogens with two attached hydrogens (primary N) is 1. The first-order chi connectivity index (χ1) is 6.54. The topological polar surface area (TPSA) is 55.1 Å². The van der Waals surface area contributed by atoms with Crippen LogP contribution in [-0.2, 0) is 4.79 Å². The average molecular weight is 226 g/mol. The van der Waals surface area contributed by atoms with E-state index in [1.165, 1.54) is 0 Å². The Kier molecular flexibility index (Phi) is 4.58. The zero-order chi connectivity index (χ0) is 12.3. The van der Waals surface area contributed by atoms with E-state index in [0.717, 1.165) is 0 Å². The van der Waals surface area contributed by atoms with Gasteiger partial charge in [0, 0.05) is 6.54 Å².